The number of aliphatic hydroxyl groups excluding tert-OH is 3. The minimum Gasteiger partial charge on any atom is -0.491 e. The van der Waals surface area contributed by atoms with Crippen LogP contribution in [-0.4, -0.2) is 61.6 Å². The van der Waals surface area contributed by atoms with E-state index >= 15 is 0 Å². The number of rotatable bonds is 13. The summed E-state index contributed by atoms with van der Waals surface area (Å²) < 4.78 is 16.4. The first-order valence-electron chi connectivity index (χ1n) is 9.92. The largest absolute Gasteiger partial charge is 0.491 e. The molecular weight excluding hydrogens is 372 g/mol. The molecule has 3 N–H and O–H groups in total. The van der Waals surface area contributed by atoms with Gasteiger partial charge in [0.05, 0.1) is 26.4 Å². The van der Waals surface area contributed by atoms with Crippen molar-refractivity contribution in [2.75, 3.05) is 46.2 Å². The van der Waals surface area contributed by atoms with Crippen LogP contribution in [0.1, 0.15) is 30.5 Å². The van der Waals surface area contributed by atoms with Gasteiger partial charge in [-0.3, -0.25) is 0 Å². The van der Waals surface area contributed by atoms with Gasteiger partial charge in [0.25, 0.3) is 0 Å². The van der Waals surface area contributed by atoms with Crippen LogP contribution in [0.15, 0.2) is 42.5 Å². The third-order valence-corrected chi connectivity index (χ3v) is 4.82. The smallest absolute Gasteiger partial charge is 0.122 e. The first kappa shape index (κ1) is 23.2. The number of ether oxygens (including phenoxy) is 3. The second-order valence-corrected chi connectivity index (χ2v) is 7.20. The summed E-state index contributed by atoms with van der Waals surface area (Å²) >= 11 is 0. The molecule has 0 aromatic heterocycles. The minimum absolute atomic E-state index is 0.0122. The maximum absolute atomic E-state index is 9.39. The van der Waals surface area contributed by atoms with Gasteiger partial charge in [0, 0.05) is 12.0 Å². The summed E-state index contributed by atoms with van der Waals surface area (Å²) in [6.45, 7) is 5.72. The quantitative estimate of drug-likeness (QED) is 0.444. The molecule has 0 aliphatic carbocycles. The third-order valence-electron chi connectivity index (χ3n) is 4.82. The highest BCUT2D eigenvalue weighted by Crippen LogP contribution is 2.35. The molecule has 6 heteroatoms. The summed E-state index contributed by atoms with van der Waals surface area (Å²) in [4.78, 5) is 0. The average molecular weight is 405 g/mol. The lowest BCUT2D eigenvalue weighted by Gasteiger charge is -2.27. The van der Waals surface area contributed by atoms with Gasteiger partial charge in [-0.2, -0.15) is 0 Å². The van der Waals surface area contributed by atoms with E-state index in [9.17, 15) is 5.11 Å². The van der Waals surface area contributed by atoms with Crippen molar-refractivity contribution >= 4 is 0 Å². The molecule has 0 unspecified atom stereocenters. The normalized spacial score (nSPS) is 11.5. The van der Waals surface area contributed by atoms with Gasteiger partial charge in [0.15, 0.2) is 0 Å². The molecule has 0 atom stereocenters. The highest BCUT2D eigenvalue weighted by Gasteiger charge is 2.24. The molecule has 160 valence electrons. The van der Waals surface area contributed by atoms with E-state index < -0.39 is 0 Å². The fourth-order valence-electron chi connectivity index (χ4n) is 3.10. The molecule has 0 fully saturated rings. The molecule has 0 saturated heterocycles. The van der Waals surface area contributed by atoms with Gasteiger partial charge >= 0.3 is 0 Å². The Morgan fingerprint density at radius 2 is 1.41 bits per heavy atom. The Balaban J connectivity index is 2.11. The lowest BCUT2D eigenvalue weighted by molar-refractivity contribution is 0.0705. The predicted octanol–water partition coefficient (Wildman–Crippen LogP) is 2.31. The Labute approximate surface area is 172 Å². The van der Waals surface area contributed by atoms with Crippen LogP contribution in [0.3, 0.4) is 0 Å². The van der Waals surface area contributed by atoms with E-state index in [1.165, 1.54) is 0 Å². The fraction of sp³-hybridized carbons (Fsp3) is 0.478. The SMILES string of the molecule is CC(C)(c1ccc(OCCOCCO)cc1)c1ccc(OCCO)c(CCO)c1. The van der Waals surface area contributed by atoms with Crippen molar-refractivity contribution < 1.29 is 29.5 Å². The van der Waals surface area contributed by atoms with Crippen LogP contribution in [-0.2, 0) is 16.6 Å². The van der Waals surface area contributed by atoms with Crippen molar-refractivity contribution in [3.05, 3.63) is 59.2 Å². The fourth-order valence-corrected chi connectivity index (χ4v) is 3.10. The first-order chi connectivity index (χ1) is 14.0. The van der Waals surface area contributed by atoms with Crippen LogP contribution in [0, 0.1) is 0 Å². The summed E-state index contributed by atoms with van der Waals surface area (Å²) in [6.07, 6.45) is 0.496. The van der Waals surface area contributed by atoms with Crippen molar-refractivity contribution in [2.24, 2.45) is 0 Å². The molecule has 2 rings (SSSR count). The van der Waals surface area contributed by atoms with Gasteiger partial charge < -0.3 is 29.5 Å². The summed E-state index contributed by atoms with van der Waals surface area (Å²) in [5, 5.41) is 27.1. The number of benzene rings is 2. The molecule has 0 aliphatic rings. The number of aliphatic hydroxyl groups is 3. The zero-order valence-electron chi connectivity index (χ0n) is 17.3. The highest BCUT2D eigenvalue weighted by molar-refractivity contribution is 5.45. The van der Waals surface area contributed by atoms with Gasteiger partial charge in [0.1, 0.15) is 24.7 Å². The van der Waals surface area contributed by atoms with Gasteiger partial charge in [-0.25, -0.2) is 0 Å². The van der Waals surface area contributed by atoms with E-state index in [0.29, 0.717) is 32.0 Å². The standard InChI is InChI=1S/C23H32O6/c1-23(2,19-3-6-21(7-4-19)28-16-15-27-13-11-25)20-5-8-22(29-14-12-26)18(17-20)9-10-24/h3-8,17,24-26H,9-16H2,1-2H3. The second kappa shape index (κ2) is 11.8. The monoisotopic (exact) mass is 404 g/mol. The van der Waals surface area contributed by atoms with Crippen LogP contribution >= 0.6 is 0 Å². The molecule has 0 saturated carbocycles. The third kappa shape index (κ3) is 6.72. The van der Waals surface area contributed by atoms with E-state index in [1.54, 1.807) is 0 Å². The molecular formula is C23H32O6. The maximum Gasteiger partial charge on any atom is 0.122 e. The summed E-state index contributed by atoms with van der Waals surface area (Å²) in [6, 6.07) is 14.0. The second-order valence-electron chi connectivity index (χ2n) is 7.20. The first-order valence-corrected chi connectivity index (χ1v) is 9.92. The molecule has 0 heterocycles. The van der Waals surface area contributed by atoms with Gasteiger partial charge in [-0.05, 0) is 41.3 Å². The Kier molecular flexibility index (Phi) is 9.41. The molecule has 0 amide bonds. The van der Waals surface area contributed by atoms with Gasteiger partial charge in [-0.15, -0.1) is 0 Å². The maximum atomic E-state index is 9.39. The molecule has 2 aromatic carbocycles. The van der Waals surface area contributed by atoms with Gasteiger partial charge in [0.2, 0.25) is 0 Å². The lowest BCUT2D eigenvalue weighted by Crippen LogP contribution is -2.19. The topological polar surface area (TPSA) is 88.4 Å². The van der Waals surface area contributed by atoms with Crippen LogP contribution in [0.5, 0.6) is 11.5 Å². The van der Waals surface area contributed by atoms with Crippen molar-refractivity contribution in [3.63, 3.8) is 0 Å². The van der Waals surface area contributed by atoms with E-state index in [4.69, 9.17) is 24.4 Å². The van der Waals surface area contributed by atoms with Crippen LogP contribution < -0.4 is 9.47 Å². The minimum atomic E-state index is -0.248. The number of hydrogen-bond donors (Lipinski definition) is 3. The lowest BCUT2D eigenvalue weighted by atomic mass is 9.77. The molecule has 6 nitrogen and oxygen atoms in total. The van der Waals surface area contributed by atoms with E-state index in [1.807, 2.05) is 36.4 Å². The summed E-state index contributed by atoms with van der Waals surface area (Å²) in [5.41, 5.74) is 2.93. The van der Waals surface area contributed by atoms with E-state index in [2.05, 4.69) is 19.9 Å². The zero-order valence-corrected chi connectivity index (χ0v) is 17.3. The Morgan fingerprint density at radius 3 is 2.07 bits per heavy atom. The van der Waals surface area contributed by atoms with E-state index in [-0.39, 0.29) is 31.8 Å². The van der Waals surface area contributed by atoms with Crippen molar-refractivity contribution in [1.82, 2.24) is 0 Å². The summed E-state index contributed by atoms with van der Waals surface area (Å²) in [5.74, 6) is 1.46. The Bertz CT molecular complexity index is 727. The average Bonchev–Trinajstić information content (AvgIpc) is 2.73. The zero-order chi connectivity index (χ0) is 21.1. The van der Waals surface area contributed by atoms with Crippen LogP contribution in [0.2, 0.25) is 0 Å². The molecule has 0 bridgehead atoms. The van der Waals surface area contributed by atoms with Crippen molar-refractivity contribution in [3.8, 4) is 11.5 Å². The van der Waals surface area contributed by atoms with Crippen LogP contribution in [0.4, 0.5) is 0 Å². The van der Waals surface area contributed by atoms with E-state index in [0.717, 1.165) is 22.4 Å². The number of hydrogen-bond acceptors (Lipinski definition) is 6. The Morgan fingerprint density at radius 1 is 0.724 bits per heavy atom. The summed E-state index contributed by atoms with van der Waals surface area (Å²) in [7, 11) is 0. The molecule has 0 radical (unpaired) electrons. The molecule has 0 aliphatic heterocycles. The van der Waals surface area contributed by atoms with Gasteiger partial charge in [-0.1, -0.05) is 38.1 Å². The van der Waals surface area contributed by atoms with Crippen molar-refractivity contribution in [1.29, 1.82) is 0 Å². The van der Waals surface area contributed by atoms with Crippen molar-refractivity contribution in [2.45, 2.75) is 25.7 Å². The predicted molar refractivity (Wildman–Crippen MR) is 112 cm³/mol. The van der Waals surface area contributed by atoms with Crippen LogP contribution in [0.25, 0.3) is 0 Å². The highest BCUT2D eigenvalue weighted by atomic mass is 16.5. The molecule has 0 spiro atoms. The Hall–Kier alpha value is -2.12. The molecule has 29 heavy (non-hydrogen) atoms. The molecule has 2 aromatic rings.